The second-order valence-electron chi connectivity index (χ2n) is 10.7. The van der Waals surface area contributed by atoms with Crippen molar-refractivity contribution < 1.29 is 8.97 Å². The molecular formula is C29H64N2+2. The zero-order chi connectivity index (χ0) is 23.3. The van der Waals surface area contributed by atoms with Gasteiger partial charge in [0.25, 0.3) is 0 Å². The average Bonchev–Trinajstić information content (AvgIpc) is 2.80. The van der Waals surface area contributed by atoms with Crippen molar-refractivity contribution in [2.24, 2.45) is 0 Å². The first-order valence-corrected chi connectivity index (χ1v) is 14.8. The highest BCUT2D eigenvalue weighted by Crippen LogP contribution is 2.20. The number of quaternary nitrogens is 2. The van der Waals surface area contributed by atoms with Gasteiger partial charge in [-0.2, -0.15) is 0 Å². The molecule has 0 N–H and O–H groups in total. The predicted molar refractivity (Wildman–Crippen MR) is 143 cm³/mol. The van der Waals surface area contributed by atoms with E-state index < -0.39 is 0 Å². The zero-order valence-corrected chi connectivity index (χ0v) is 23.2. The van der Waals surface area contributed by atoms with Crippen molar-refractivity contribution in [1.82, 2.24) is 0 Å². The molecule has 2 heteroatoms. The molecule has 0 spiro atoms. The molecule has 0 aliphatic rings. The third-order valence-corrected chi connectivity index (χ3v) is 7.68. The lowest BCUT2D eigenvalue weighted by Crippen LogP contribution is -2.51. The van der Waals surface area contributed by atoms with Gasteiger partial charge in [-0.15, -0.1) is 0 Å². The molecule has 0 rings (SSSR count). The van der Waals surface area contributed by atoms with Gasteiger partial charge in [0.15, 0.2) is 0 Å². The summed E-state index contributed by atoms with van der Waals surface area (Å²) in [4.78, 5) is 0. The van der Waals surface area contributed by atoms with E-state index in [2.05, 4.69) is 41.5 Å². The minimum atomic E-state index is 1.35. The van der Waals surface area contributed by atoms with Gasteiger partial charge in [-0.05, 0) is 57.8 Å². The molecule has 0 bridgehead atoms. The molecule has 0 unspecified atom stereocenters. The highest BCUT2D eigenvalue weighted by Gasteiger charge is 2.27. The molecule has 0 heterocycles. The van der Waals surface area contributed by atoms with Crippen molar-refractivity contribution in [1.29, 1.82) is 0 Å². The number of hydrogen-bond acceptors (Lipinski definition) is 0. The summed E-state index contributed by atoms with van der Waals surface area (Å²) in [5, 5.41) is 0. The SMILES string of the molecule is CCCC[N+](CCCC)(CCCC)CCCCC[N+](CCCC)(CCCC)CCCC. The smallest absolute Gasteiger partial charge is 0.0786 e. The third-order valence-electron chi connectivity index (χ3n) is 7.68. The molecular weight excluding hydrogens is 376 g/mol. The average molecular weight is 441 g/mol. The van der Waals surface area contributed by atoms with E-state index in [0.717, 1.165) is 0 Å². The van der Waals surface area contributed by atoms with Crippen LogP contribution in [0.25, 0.3) is 0 Å². The molecule has 0 saturated carbocycles. The molecule has 0 aromatic carbocycles. The van der Waals surface area contributed by atoms with Crippen molar-refractivity contribution in [3.8, 4) is 0 Å². The summed E-state index contributed by atoms with van der Waals surface area (Å²) in [7, 11) is 0. The second-order valence-corrected chi connectivity index (χ2v) is 10.7. The Morgan fingerprint density at radius 2 is 0.452 bits per heavy atom. The van der Waals surface area contributed by atoms with Crippen molar-refractivity contribution >= 4 is 0 Å². The van der Waals surface area contributed by atoms with Gasteiger partial charge in [-0.1, -0.05) is 80.1 Å². The first-order chi connectivity index (χ1) is 15.1. The molecule has 31 heavy (non-hydrogen) atoms. The van der Waals surface area contributed by atoms with Gasteiger partial charge in [-0.25, -0.2) is 0 Å². The third kappa shape index (κ3) is 14.6. The summed E-state index contributed by atoms with van der Waals surface area (Å²) in [6.45, 7) is 25.7. The minimum Gasteiger partial charge on any atom is -0.324 e. The van der Waals surface area contributed by atoms with Crippen molar-refractivity contribution in [3.63, 3.8) is 0 Å². The van der Waals surface area contributed by atoms with Crippen LogP contribution in [0.2, 0.25) is 0 Å². The van der Waals surface area contributed by atoms with E-state index in [-0.39, 0.29) is 0 Å². The number of unbranched alkanes of at least 4 members (excludes halogenated alkanes) is 8. The fourth-order valence-corrected chi connectivity index (χ4v) is 5.37. The second kappa shape index (κ2) is 20.5. The Kier molecular flexibility index (Phi) is 20.5. The molecule has 0 saturated heterocycles. The minimum absolute atomic E-state index is 1.35. The summed E-state index contributed by atoms with van der Waals surface area (Å²) < 4.78 is 2.86. The Morgan fingerprint density at radius 3 is 0.645 bits per heavy atom. The maximum atomic E-state index is 2.37. The monoisotopic (exact) mass is 441 g/mol. The molecule has 188 valence electrons. The topological polar surface area (TPSA) is 0 Å². The molecule has 0 aromatic heterocycles. The Morgan fingerprint density at radius 1 is 0.258 bits per heavy atom. The van der Waals surface area contributed by atoms with Crippen molar-refractivity contribution in [3.05, 3.63) is 0 Å². The Bertz CT molecular complexity index is 288. The number of rotatable bonds is 24. The van der Waals surface area contributed by atoms with E-state index in [1.165, 1.54) is 158 Å². The van der Waals surface area contributed by atoms with Gasteiger partial charge in [0, 0.05) is 0 Å². The lowest BCUT2D eigenvalue weighted by atomic mass is 10.1. The van der Waals surface area contributed by atoms with Crippen molar-refractivity contribution in [2.75, 3.05) is 52.4 Å². The van der Waals surface area contributed by atoms with Crippen LogP contribution in [-0.4, -0.2) is 61.3 Å². The molecule has 2 nitrogen and oxygen atoms in total. The van der Waals surface area contributed by atoms with Crippen LogP contribution in [0.1, 0.15) is 138 Å². The highest BCUT2D eigenvalue weighted by molar-refractivity contribution is 4.53. The molecule has 0 aromatic rings. The van der Waals surface area contributed by atoms with Crippen LogP contribution in [-0.2, 0) is 0 Å². The number of hydrogen-bond donors (Lipinski definition) is 0. The van der Waals surface area contributed by atoms with Gasteiger partial charge in [-0.3, -0.25) is 0 Å². The van der Waals surface area contributed by atoms with E-state index in [1.54, 1.807) is 0 Å². The van der Waals surface area contributed by atoms with E-state index in [0.29, 0.717) is 0 Å². The van der Waals surface area contributed by atoms with E-state index in [1.807, 2.05) is 0 Å². The van der Waals surface area contributed by atoms with Crippen molar-refractivity contribution in [2.45, 2.75) is 138 Å². The molecule has 0 amide bonds. The predicted octanol–water partition coefficient (Wildman–Crippen LogP) is 8.59. The zero-order valence-electron chi connectivity index (χ0n) is 23.2. The van der Waals surface area contributed by atoms with Gasteiger partial charge >= 0.3 is 0 Å². The maximum absolute atomic E-state index is 2.37. The number of nitrogens with zero attached hydrogens (tertiary/aromatic N) is 2. The Labute approximate surface area is 199 Å². The van der Waals surface area contributed by atoms with Crippen LogP contribution in [0.15, 0.2) is 0 Å². The summed E-state index contributed by atoms with van der Waals surface area (Å²) in [5.74, 6) is 0. The van der Waals surface area contributed by atoms with E-state index >= 15 is 0 Å². The van der Waals surface area contributed by atoms with Crippen LogP contribution in [0.4, 0.5) is 0 Å². The van der Waals surface area contributed by atoms with Crippen LogP contribution in [0.3, 0.4) is 0 Å². The summed E-state index contributed by atoms with van der Waals surface area (Å²) in [6.07, 6.45) is 21.0. The fraction of sp³-hybridized carbons (Fsp3) is 1.00. The lowest BCUT2D eigenvalue weighted by molar-refractivity contribution is -0.931. The quantitative estimate of drug-likeness (QED) is 0.104. The lowest BCUT2D eigenvalue weighted by Gasteiger charge is -2.40. The summed E-state index contributed by atoms with van der Waals surface area (Å²) in [6, 6.07) is 0. The van der Waals surface area contributed by atoms with Crippen LogP contribution < -0.4 is 0 Å². The standard InChI is InChI=1S/C29H64N2/c1-7-13-22-30(23-14-8-2,24-15-9-3)28-20-19-21-29-31(25-16-10-4,26-17-11-5)27-18-12-6/h7-29H2,1-6H3/q+2. The van der Waals surface area contributed by atoms with Gasteiger partial charge in [0.2, 0.25) is 0 Å². The first-order valence-electron chi connectivity index (χ1n) is 14.8. The molecule has 0 fully saturated rings. The normalized spacial score (nSPS) is 12.6. The maximum Gasteiger partial charge on any atom is 0.0786 e. The van der Waals surface area contributed by atoms with E-state index in [9.17, 15) is 0 Å². The largest absolute Gasteiger partial charge is 0.324 e. The highest BCUT2D eigenvalue weighted by atomic mass is 15.4. The molecule has 0 radical (unpaired) electrons. The van der Waals surface area contributed by atoms with Crippen LogP contribution >= 0.6 is 0 Å². The van der Waals surface area contributed by atoms with E-state index in [4.69, 9.17) is 0 Å². The molecule has 0 aliphatic carbocycles. The van der Waals surface area contributed by atoms with Crippen LogP contribution in [0.5, 0.6) is 0 Å². The molecule has 0 atom stereocenters. The van der Waals surface area contributed by atoms with Gasteiger partial charge < -0.3 is 8.97 Å². The Hall–Kier alpha value is -0.0800. The fourth-order valence-electron chi connectivity index (χ4n) is 5.37. The summed E-state index contributed by atoms with van der Waals surface area (Å²) >= 11 is 0. The Balaban J connectivity index is 4.86. The molecule has 0 aliphatic heterocycles. The van der Waals surface area contributed by atoms with Gasteiger partial charge in [0.05, 0.1) is 52.4 Å². The first kappa shape index (κ1) is 30.9. The summed E-state index contributed by atoms with van der Waals surface area (Å²) in [5.41, 5.74) is 0. The van der Waals surface area contributed by atoms with Gasteiger partial charge in [0.1, 0.15) is 0 Å². The van der Waals surface area contributed by atoms with Crippen LogP contribution in [0, 0.1) is 0 Å².